The molecule has 0 amide bonds. The van der Waals surface area contributed by atoms with Gasteiger partial charge >= 0.3 is 23.9 Å². The van der Waals surface area contributed by atoms with Crippen molar-refractivity contribution in [2.75, 3.05) is 6.61 Å². The smallest absolute Gasteiger partial charge is 0.328 e. The van der Waals surface area contributed by atoms with Crippen LogP contribution in [0.3, 0.4) is 0 Å². The summed E-state index contributed by atoms with van der Waals surface area (Å²) in [7, 11) is 0. The van der Waals surface area contributed by atoms with Gasteiger partial charge < -0.3 is 30.5 Å². The van der Waals surface area contributed by atoms with Crippen LogP contribution in [0.1, 0.15) is 6.92 Å². The fraction of sp³-hybridized carbons (Fsp3) is 0.105. The zero-order valence-corrected chi connectivity index (χ0v) is 15.8. The maximum atomic E-state index is 11.1. The molecule has 0 fully saturated rings. The van der Waals surface area contributed by atoms with Gasteiger partial charge in [0.05, 0.1) is 0 Å². The van der Waals surface area contributed by atoms with Crippen molar-refractivity contribution in [3.05, 3.63) is 71.2 Å². The maximum Gasteiger partial charge on any atom is 0.328 e. The highest BCUT2D eigenvalue weighted by Gasteiger charge is 1.92. The van der Waals surface area contributed by atoms with Gasteiger partial charge in [0, 0.05) is 42.5 Å². The number of carboxylic acid groups (broad SMARTS) is 4. The number of rotatable bonds is 4. The minimum absolute atomic E-state index is 0.0249. The van der Waals surface area contributed by atoms with Gasteiger partial charge in [-0.25, -0.2) is 19.2 Å². The summed E-state index contributed by atoms with van der Waals surface area (Å²) in [6.07, 6.45) is 3.89. The number of hydrogen-bond acceptors (Lipinski definition) is 6. The summed E-state index contributed by atoms with van der Waals surface area (Å²) in [6, 6.07) is 9.40. The Hall–Kier alpha value is -4.25. The lowest BCUT2D eigenvalue weighted by molar-refractivity contribution is -0.134. The maximum absolute atomic E-state index is 11.1. The average molecular weight is 423 g/mol. The summed E-state index contributed by atoms with van der Waals surface area (Å²) in [4.78, 5) is 52.0. The van der Waals surface area contributed by atoms with Crippen LogP contribution in [0.5, 0.6) is 0 Å². The van der Waals surface area contributed by atoms with Crippen molar-refractivity contribution >= 4 is 34.6 Å². The number of carbonyl (C=O) groups is 4. The summed E-state index contributed by atoms with van der Waals surface area (Å²) in [5.41, 5.74) is -0.0249. The van der Waals surface area contributed by atoms with E-state index in [9.17, 15) is 24.0 Å². The van der Waals surface area contributed by atoms with Crippen molar-refractivity contribution in [1.82, 2.24) is 4.98 Å². The van der Waals surface area contributed by atoms with Crippen LogP contribution in [-0.2, 0) is 19.2 Å². The Morgan fingerprint density at radius 3 is 1.50 bits per heavy atom. The molecular formula is C19H21NO10. The molecule has 1 heterocycles. The van der Waals surface area contributed by atoms with Gasteiger partial charge in [0.2, 0.25) is 0 Å². The number of aliphatic hydroxyl groups is 1. The molecule has 30 heavy (non-hydrogen) atoms. The number of carboxylic acids is 4. The Morgan fingerprint density at radius 1 is 0.800 bits per heavy atom. The molecule has 1 aromatic carbocycles. The number of aliphatic hydroxyl groups excluding tert-OH is 1. The number of fused-ring (bicyclic) bond motifs is 1. The summed E-state index contributed by atoms with van der Waals surface area (Å²) < 4.78 is 0. The fourth-order valence-electron chi connectivity index (χ4n) is 1.42. The van der Waals surface area contributed by atoms with E-state index in [0.29, 0.717) is 24.3 Å². The van der Waals surface area contributed by atoms with Crippen molar-refractivity contribution < 1.29 is 44.7 Å². The van der Waals surface area contributed by atoms with Crippen molar-refractivity contribution in [3.63, 3.8) is 0 Å². The normalized spacial score (nSPS) is 9.40. The number of aromatic amines is 1. The first kappa shape index (κ1) is 28.0. The van der Waals surface area contributed by atoms with Crippen molar-refractivity contribution in [2.45, 2.75) is 6.92 Å². The molecule has 1 aromatic heterocycles. The van der Waals surface area contributed by atoms with Gasteiger partial charge in [0.1, 0.15) is 0 Å². The lowest BCUT2D eigenvalue weighted by Crippen LogP contribution is -2.03. The standard InChI is InChI=1S/C9H7NO.2C4H4O4.C2H6O/c11-9-8-4-2-1-3-7(8)5-6-10-9;2*5-3(6)1-2-4(7)8;1-2-3/h1-6H,(H,10,11);2*1-2H,(H,5,6)(H,7,8);3H,2H2,1H3/b;2*2-1+;. The van der Waals surface area contributed by atoms with Crippen molar-refractivity contribution in [2.24, 2.45) is 0 Å². The minimum atomic E-state index is -1.26. The highest BCUT2D eigenvalue weighted by Crippen LogP contribution is 2.05. The lowest BCUT2D eigenvalue weighted by Gasteiger charge is -1.92. The molecule has 0 atom stereocenters. The van der Waals surface area contributed by atoms with E-state index in [1.54, 1.807) is 13.1 Å². The SMILES string of the molecule is CCO.O=C(O)/C=C/C(=O)O.O=C(O)/C=C/C(=O)O.O=c1[nH]ccc2ccccc12. The molecule has 6 N–H and O–H groups in total. The summed E-state index contributed by atoms with van der Waals surface area (Å²) in [6.45, 7) is 1.93. The van der Waals surface area contributed by atoms with E-state index in [2.05, 4.69) is 4.98 Å². The first-order valence-electron chi connectivity index (χ1n) is 8.00. The van der Waals surface area contributed by atoms with E-state index >= 15 is 0 Å². The molecule has 0 aliphatic carbocycles. The quantitative estimate of drug-likeness (QED) is 0.384. The molecule has 2 rings (SSSR count). The molecule has 0 saturated carbocycles. The molecule has 0 saturated heterocycles. The summed E-state index contributed by atoms with van der Waals surface area (Å²) in [5.74, 6) is -5.03. The molecule has 0 aliphatic rings. The number of H-pyrrole nitrogens is 1. The molecule has 0 radical (unpaired) electrons. The molecule has 0 unspecified atom stereocenters. The van der Waals surface area contributed by atoms with Crippen LogP contribution in [0.25, 0.3) is 10.8 Å². The van der Waals surface area contributed by atoms with Gasteiger partial charge in [-0.1, -0.05) is 18.2 Å². The zero-order chi connectivity index (χ0) is 23.5. The van der Waals surface area contributed by atoms with Crippen LogP contribution in [0.4, 0.5) is 0 Å². The highest BCUT2D eigenvalue weighted by atomic mass is 16.4. The van der Waals surface area contributed by atoms with E-state index in [-0.39, 0.29) is 12.2 Å². The Bertz CT molecular complexity index is 872. The number of benzene rings is 1. The van der Waals surface area contributed by atoms with Crippen LogP contribution >= 0.6 is 0 Å². The third-order valence-electron chi connectivity index (χ3n) is 2.42. The number of hydrogen-bond donors (Lipinski definition) is 6. The summed E-state index contributed by atoms with van der Waals surface area (Å²) >= 11 is 0. The fourth-order valence-corrected chi connectivity index (χ4v) is 1.42. The molecule has 162 valence electrons. The molecule has 11 heteroatoms. The highest BCUT2D eigenvalue weighted by molar-refractivity contribution is 5.90. The molecule has 11 nitrogen and oxygen atoms in total. The topological polar surface area (TPSA) is 202 Å². The minimum Gasteiger partial charge on any atom is -0.478 e. The van der Waals surface area contributed by atoms with Crippen LogP contribution < -0.4 is 5.56 Å². The molecule has 0 spiro atoms. The van der Waals surface area contributed by atoms with E-state index in [1.165, 1.54) is 0 Å². The van der Waals surface area contributed by atoms with Gasteiger partial charge in [0.15, 0.2) is 0 Å². The Morgan fingerprint density at radius 2 is 1.17 bits per heavy atom. The van der Waals surface area contributed by atoms with Crippen LogP contribution in [0, 0.1) is 0 Å². The number of aliphatic carboxylic acids is 4. The molecule has 0 aliphatic heterocycles. The van der Waals surface area contributed by atoms with E-state index in [4.69, 9.17) is 25.5 Å². The Balaban J connectivity index is 0. The number of pyridine rings is 1. The second-order valence-electron chi connectivity index (χ2n) is 4.73. The predicted octanol–water partition coefficient (Wildman–Crippen LogP) is 0.950. The van der Waals surface area contributed by atoms with Gasteiger partial charge in [-0.15, -0.1) is 0 Å². The van der Waals surface area contributed by atoms with Crippen LogP contribution in [-0.4, -0.2) is 61.0 Å². The van der Waals surface area contributed by atoms with Gasteiger partial charge in [-0.05, 0) is 24.4 Å². The number of nitrogens with one attached hydrogen (secondary N) is 1. The third-order valence-corrected chi connectivity index (χ3v) is 2.42. The van der Waals surface area contributed by atoms with Gasteiger partial charge in [-0.3, -0.25) is 4.79 Å². The first-order chi connectivity index (χ1) is 14.0. The lowest BCUT2D eigenvalue weighted by atomic mass is 10.2. The zero-order valence-electron chi connectivity index (χ0n) is 15.8. The van der Waals surface area contributed by atoms with Gasteiger partial charge in [0.25, 0.3) is 5.56 Å². The van der Waals surface area contributed by atoms with Crippen LogP contribution in [0.2, 0.25) is 0 Å². The van der Waals surface area contributed by atoms with Gasteiger partial charge in [-0.2, -0.15) is 0 Å². The molecular weight excluding hydrogens is 402 g/mol. The second kappa shape index (κ2) is 16.9. The molecule has 2 aromatic rings. The predicted molar refractivity (Wildman–Crippen MR) is 106 cm³/mol. The van der Waals surface area contributed by atoms with E-state index in [0.717, 1.165) is 10.8 Å². The second-order valence-corrected chi connectivity index (χ2v) is 4.73. The van der Waals surface area contributed by atoms with E-state index < -0.39 is 23.9 Å². The van der Waals surface area contributed by atoms with Crippen LogP contribution in [0.15, 0.2) is 65.6 Å². The average Bonchev–Trinajstić information content (AvgIpc) is 2.67. The van der Waals surface area contributed by atoms with Crippen molar-refractivity contribution in [3.8, 4) is 0 Å². The largest absolute Gasteiger partial charge is 0.478 e. The van der Waals surface area contributed by atoms with Crippen molar-refractivity contribution in [1.29, 1.82) is 0 Å². The molecule has 0 bridgehead atoms. The van der Waals surface area contributed by atoms with E-state index in [1.807, 2.05) is 30.3 Å². The third kappa shape index (κ3) is 17.2. The monoisotopic (exact) mass is 423 g/mol. The Labute approximate surface area is 169 Å². The number of aromatic nitrogens is 1. The summed E-state index contributed by atoms with van der Waals surface area (Å²) in [5, 5.41) is 40.5. The first-order valence-corrected chi connectivity index (χ1v) is 8.00. The Kier molecular flexibility index (Phi) is 15.7.